The highest BCUT2D eigenvalue weighted by molar-refractivity contribution is 5.73. The van der Waals surface area contributed by atoms with Crippen LogP contribution < -0.4 is 0 Å². The number of hydrogen-bond donors (Lipinski definition) is 2. The number of nitrogens with zero attached hydrogens (tertiary/aromatic N) is 1. The lowest BCUT2D eigenvalue weighted by Gasteiger charge is -2.22. The molecule has 0 saturated heterocycles. The third kappa shape index (κ3) is 31.3. The molecule has 2 N–H and O–H groups in total. The summed E-state index contributed by atoms with van der Waals surface area (Å²) in [4.78, 5) is 41.4. The number of carbonyl (C=O) groups is 3. The molecule has 1 atom stereocenters. The average Bonchev–Trinajstić information content (AvgIpc) is 3.17. The molecule has 320 valence electrons. The number of rotatable bonds is 40. The van der Waals surface area contributed by atoms with Crippen molar-refractivity contribution in [2.24, 2.45) is 17.8 Å². The number of carbonyl (C=O) groups excluding carboxylic acids is 3. The number of aliphatic hydroxyl groups is 2. The lowest BCUT2D eigenvalue weighted by atomic mass is 9.94. The first-order valence-corrected chi connectivity index (χ1v) is 22.4. The van der Waals surface area contributed by atoms with E-state index >= 15 is 0 Å². The van der Waals surface area contributed by atoms with E-state index in [1.165, 1.54) is 51.4 Å². The summed E-state index contributed by atoms with van der Waals surface area (Å²) in [6.07, 6.45) is 25.7. The molecule has 54 heavy (non-hydrogen) atoms. The van der Waals surface area contributed by atoms with E-state index in [0.29, 0.717) is 26.1 Å². The number of esters is 2. The molecular weight excluding hydrogens is 686 g/mol. The number of hydrogen-bond acceptors (Lipinski definition) is 10. The summed E-state index contributed by atoms with van der Waals surface area (Å²) in [5, 5.41) is 18.4. The van der Waals surface area contributed by atoms with Gasteiger partial charge in [0.1, 0.15) is 19.8 Å². The Bertz CT molecular complexity index is 824. The van der Waals surface area contributed by atoms with Gasteiger partial charge < -0.3 is 29.2 Å². The zero-order valence-electron chi connectivity index (χ0n) is 35.5. The predicted octanol–water partition coefficient (Wildman–Crippen LogP) is 10.2. The predicted molar refractivity (Wildman–Crippen MR) is 218 cm³/mol. The van der Waals surface area contributed by atoms with Crippen molar-refractivity contribution >= 4 is 18.1 Å². The molecule has 0 aliphatic rings. The molecule has 10 heteroatoms. The SMILES string of the molecule is CCCCCCCCC(CCCCCCCC)C(=O)OCC(COC(=O)OCCCN(CCO)CCO)COC(=O)C(CCCCCC)CCCCCC. The molecule has 0 radical (unpaired) electrons. The number of ether oxygens (including phenoxy) is 4. The smallest absolute Gasteiger partial charge is 0.465 e. The maximum absolute atomic E-state index is 13.5. The summed E-state index contributed by atoms with van der Waals surface area (Å²) in [5.41, 5.74) is 0. The van der Waals surface area contributed by atoms with E-state index < -0.39 is 12.1 Å². The lowest BCUT2D eigenvalue weighted by Crippen LogP contribution is -2.31. The Labute approximate surface area is 331 Å². The minimum atomic E-state index is -0.831. The van der Waals surface area contributed by atoms with Crippen LogP contribution in [-0.2, 0) is 28.5 Å². The molecule has 0 aromatic carbocycles. The highest BCUT2D eigenvalue weighted by Crippen LogP contribution is 2.23. The molecule has 0 aromatic heterocycles. The Balaban J connectivity index is 5.48. The second kappa shape index (κ2) is 39.3. The monoisotopic (exact) mass is 772 g/mol. The largest absolute Gasteiger partial charge is 0.508 e. The molecule has 0 bridgehead atoms. The van der Waals surface area contributed by atoms with Gasteiger partial charge in [0.15, 0.2) is 0 Å². The van der Waals surface area contributed by atoms with E-state index in [4.69, 9.17) is 18.9 Å². The zero-order chi connectivity index (χ0) is 39.9. The maximum Gasteiger partial charge on any atom is 0.508 e. The molecule has 0 rings (SSSR count). The molecule has 0 saturated carbocycles. The molecule has 0 aliphatic heterocycles. The van der Waals surface area contributed by atoms with Crippen molar-refractivity contribution in [2.75, 3.05) is 59.3 Å². The van der Waals surface area contributed by atoms with Gasteiger partial charge >= 0.3 is 18.1 Å². The van der Waals surface area contributed by atoms with Gasteiger partial charge in [-0.1, -0.05) is 156 Å². The molecule has 0 aromatic rings. The van der Waals surface area contributed by atoms with Gasteiger partial charge in [0.05, 0.1) is 37.6 Å². The zero-order valence-corrected chi connectivity index (χ0v) is 35.5. The van der Waals surface area contributed by atoms with Crippen molar-refractivity contribution in [1.82, 2.24) is 4.90 Å². The molecule has 10 nitrogen and oxygen atoms in total. The third-order valence-electron chi connectivity index (χ3n) is 10.3. The third-order valence-corrected chi connectivity index (χ3v) is 10.3. The van der Waals surface area contributed by atoms with Gasteiger partial charge in [-0.15, -0.1) is 0 Å². The molecule has 0 amide bonds. The van der Waals surface area contributed by atoms with Gasteiger partial charge in [0.2, 0.25) is 0 Å². The van der Waals surface area contributed by atoms with Crippen LogP contribution in [0.1, 0.15) is 188 Å². The van der Waals surface area contributed by atoms with Gasteiger partial charge in [0.25, 0.3) is 0 Å². The molecule has 0 spiro atoms. The first-order valence-electron chi connectivity index (χ1n) is 22.4. The quantitative estimate of drug-likeness (QED) is 0.0352. The van der Waals surface area contributed by atoms with E-state index in [9.17, 15) is 24.6 Å². The van der Waals surface area contributed by atoms with Gasteiger partial charge in [-0.3, -0.25) is 14.5 Å². The van der Waals surface area contributed by atoms with Crippen LogP contribution in [0, 0.1) is 17.8 Å². The van der Waals surface area contributed by atoms with Crippen LogP contribution >= 0.6 is 0 Å². The Hall–Kier alpha value is -1.91. The van der Waals surface area contributed by atoms with Crippen molar-refractivity contribution < 1.29 is 43.5 Å². The number of unbranched alkanes of at least 4 members (excludes halogenated alkanes) is 16. The molecule has 0 aliphatic carbocycles. The molecule has 1 unspecified atom stereocenters. The highest BCUT2D eigenvalue weighted by atomic mass is 16.7. The van der Waals surface area contributed by atoms with Crippen molar-refractivity contribution in [1.29, 1.82) is 0 Å². The number of aliphatic hydroxyl groups excluding tert-OH is 2. The summed E-state index contributed by atoms with van der Waals surface area (Å²) >= 11 is 0. The van der Waals surface area contributed by atoms with Crippen molar-refractivity contribution in [2.45, 2.75) is 188 Å². The molecule has 0 fully saturated rings. The highest BCUT2D eigenvalue weighted by Gasteiger charge is 2.25. The Morgan fingerprint density at radius 3 is 1.19 bits per heavy atom. The van der Waals surface area contributed by atoms with Crippen LogP contribution in [0.2, 0.25) is 0 Å². The van der Waals surface area contributed by atoms with Crippen LogP contribution in [0.5, 0.6) is 0 Å². The topological polar surface area (TPSA) is 132 Å². The second-order valence-electron chi connectivity index (χ2n) is 15.4. The minimum Gasteiger partial charge on any atom is -0.465 e. The van der Waals surface area contributed by atoms with E-state index in [1.807, 2.05) is 4.90 Å². The fourth-order valence-electron chi connectivity index (χ4n) is 6.81. The summed E-state index contributed by atoms with van der Waals surface area (Å²) < 4.78 is 22.6. The van der Waals surface area contributed by atoms with Gasteiger partial charge in [-0.25, -0.2) is 4.79 Å². The van der Waals surface area contributed by atoms with Crippen molar-refractivity contribution in [3.05, 3.63) is 0 Å². The normalized spacial score (nSPS) is 12.1. The van der Waals surface area contributed by atoms with Crippen LogP contribution in [0.15, 0.2) is 0 Å². The Morgan fingerprint density at radius 1 is 0.444 bits per heavy atom. The van der Waals surface area contributed by atoms with Gasteiger partial charge in [-0.05, 0) is 32.1 Å². The summed E-state index contributed by atoms with van der Waals surface area (Å²) in [6.45, 7) is 10.2. The average molecular weight is 772 g/mol. The van der Waals surface area contributed by atoms with Crippen molar-refractivity contribution in [3.63, 3.8) is 0 Å². The first-order chi connectivity index (χ1) is 26.4. The molecular formula is C44H85NO9. The van der Waals surface area contributed by atoms with Gasteiger partial charge in [0, 0.05) is 19.6 Å². The first kappa shape index (κ1) is 52.1. The lowest BCUT2D eigenvalue weighted by molar-refractivity contribution is -0.155. The fraction of sp³-hybridized carbons (Fsp3) is 0.932. The van der Waals surface area contributed by atoms with E-state index in [-0.39, 0.29) is 63.4 Å². The minimum absolute atomic E-state index is 0.00214. The van der Waals surface area contributed by atoms with E-state index in [0.717, 1.165) is 103 Å². The van der Waals surface area contributed by atoms with E-state index in [2.05, 4.69) is 27.7 Å². The van der Waals surface area contributed by atoms with Crippen LogP contribution in [0.25, 0.3) is 0 Å². The Morgan fingerprint density at radius 2 is 0.796 bits per heavy atom. The summed E-state index contributed by atoms with van der Waals surface area (Å²) in [6, 6.07) is 0. The van der Waals surface area contributed by atoms with Crippen LogP contribution in [-0.4, -0.2) is 92.5 Å². The maximum atomic E-state index is 13.5. The fourth-order valence-corrected chi connectivity index (χ4v) is 6.81. The molecule has 0 heterocycles. The second-order valence-corrected chi connectivity index (χ2v) is 15.4. The summed E-state index contributed by atoms with van der Waals surface area (Å²) in [5.74, 6) is -1.27. The van der Waals surface area contributed by atoms with Crippen molar-refractivity contribution in [3.8, 4) is 0 Å². The summed E-state index contributed by atoms with van der Waals surface area (Å²) in [7, 11) is 0. The van der Waals surface area contributed by atoms with Crippen LogP contribution in [0.4, 0.5) is 4.79 Å². The standard InChI is InChI=1S/C44H85NO9/c1-5-9-13-17-19-23-28-41(29-24-20-18-14-10-6-2)43(49)53-37-39(38-54-44(50)51-35-25-30-45(31-33-46)32-34-47)36-52-42(48)40(26-21-15-11-7-3)27-22-16-12-8-4/h39-41,46-47H,5-38H2,1-4H3. The Kier molecular flexibility index (Phi) is 37.9. The van der Waals surface area contributed by atoms with E-state index in [1.54, 1.807) is 0 Å². The van der Waals surface area contributed by atoms with Gasteiger partial charge in [-0.2, -0.15) is 0 Å². The van der Waals surface area contributed by atoms with Crippen LogP contribution in [0.3, 0.4) is 0 Å².